The van der Waals surface area contributed by atoms with Gasteiger partial charge in [0.2, 0.25) is 0 Å². The van der Waals surface area contributed by atoms with E-state index in [1.807, 2.05) is 12.1 Å². The quantitative estimate of drug-likeness (QED) is 0.399. The van der Waals surface area contributed by atoms with Gasteiger partial charge in [0.15, 0.2) is 0 Å². The first-order chi connectivity index (χ1) is 16.7. The van der Waals surface area contributed by atoms with Crippen LogP contribution in [0.1, 0.15) is 23.2 Å². The summed E-state index contributed by atoms with van der Waals surface area (Å²) in [4.78, 5) is 21.0. The molecule has 0 unspecified atom stereocenters. The molecule has 0 spiro atoms. The number of ether oxygens (including phenoxy) is 1. The van der Waals surface area contributed by atoms with E-state index in [0.29, 0.717) is 33.9 Å². The van der Waals surface area contributed by atoms with Gasteiger partial charge in [0.25, 0.3) is 10.1 Å². The molecule has 1 aliphatic carbocycles. The Morgan fingerprint density at radius 3 is 2.69 bits per heavy atom. The molecule has 0 radical (unpaired) electrons. The van der Waals surface area contributed by atoms with E-state index in [1.165, 1.54) is 24.4 Å². The van der Waals surface area contributed by atoms with Crippen molar-refractivity contribution < 1.29 is 27.2 Å². The van der Waals surface area contributed by atoms with Crippen molar-refractivity contribution in [1.82, 2.24) is 19.7 Å². The average Bonchev–Trinajstić information content (AvgIpc) is 3.46. The van der Waals surface area contributed by atoms with Crippen molar-refractivity contribution in [2.45, 2.75) is 25.9 Å². The molecular weight excluding hydrogens is 472 g/mol. The van der Waals surface area contributed by atoms with E-state index < -0.39 is 16.2 Å². The van der Waals surface area contributed by atoms with E-state index in [0.717, 1.165) is 35.8 Å². The van der Waals surface area contributed by atoms with Gasteiger partial charge in [0.1, 0.15) is 34.8 Å². The molecule has 3 heterocycles. The third kappa shape index (κ3) is 4.35. The zero-order chi connectivity index (χ0) is 24.7. The van der Waals surface area contributed by atoms with Gasteiger partial charge in [-0.15, -0.1) is 0 Å². The first-order valence-electron chi connectivity index (χ1n) is 10.9. The summed E-state index contributed by atoms with van der Waals surface area (Å²) in [5.41, 5.74) is 6.02. The number of methoxy groups -OCH3 is 1. The molecule has 4 aromatic rings. The van der Waals surface area contributed by atoms with E-state index in [-0.39, 0.29) is 12.1 Å². The van der Waals surface area contributed by atoms with Gasteiger partial charge in [-0.1, -0.05) is 18.2 Å². The lowest BCUT2D eigenvalue weighted by Crippen LogP contribution is -2.09. The van der Waals surface area contributed by atoms with Crippen molar-refractivity contribution in [2.24, 2.45) is 0 Å². The fourth-order valence-corrected chi connectivity index (χ4v) is 4.70. The Bertz CT molecular complexity index is 1560. The second-order valence-electron chi connectivity index (χ2n) is 8.25. The van der Waals surface area contributed by atoms with Gasteiger partial charge in [0.05, 0.1) is 19.1 Å². The van der Waals surface area contributed by atoms with Gasteiger partial charge in [-0.3, -0.25) is 9.17 Å². The van der Waals surface area contributed by atoms with Crippen molar-refractivity contribution >= 4 is 27.2 Å². The predicted octanol–water partition coefficient (Wildman–Crippen LogP) is 3.66. The lowest BCUT2D eigenvalue weighted by molar-refractivity contribution is 0.194. The number of carboxylic acid groups (broad SMARTS) is 1. The van der Waals surface area contributed by atoms with E-state index in [2.05, 4.69) is 16.1 Å². The highest BCUT2D eigenvalue weighted by Crippen LogP contribution is 2.39. The number of rotatable bonds is 6. The molecular formula is C24H22N4O6S. The lowest BCUT2D eigenvalue weighted by Gasteiger charge is -2.12. The van der Waals surface area contributed by atoms with Crippen LogP contribution in [0.4, 0.5) is 4.79 Å². The topological polar surface area (TPSA) is 134 Å². The molecule has 0 fully saturated rings. The fraction of sp³-hybridized carbons (Fsp3) is 0.250. The minimum Gasteiger partial charge on any atom is -0.494 e. The van der Waals surface area contributed by atoms with Gasteiger partial charge in [-0.2, -0.15) is 18.2 Å². The first kappa shape index (κ1) is 22.9. The zero-order valence-corrected chi connectivity index (χ0v) is 19.9. The zero-order valence-electron chi connectivity index (χ0n) is 19.1. The molecule has 180 valence electrons. The minimum atomic E-state index is -3.60. The molecule has 0 saturated carbocycles. The SMILES string of the molecule is COc1cc2c(nc1-c1cccc3c1CCC3)c(-c1ccc(COS(C)(=O)=O)nc1)nn2C(=O)O. The van der Waals surface area contributed by atoms with Crippen LogP contribution in [-0.4, -0.2) is 52.7 Å². The van der Waals surface area contributed by atoms with Crippen LogP contribution in [0.3, 0.4) is 0 Å². The highest BCUT2D eigenvalue weighted by molar-refractivity contribution is 7.85. The monoisotopic (exact) mass is 494 g/mol. The number of aromatic nitrogens is 4. The highest BCUT2D eigenvalue weighted by Gasteiger charge is 2.24. The van der Waals surface area contributed by atoms with Crippen LogP contribution in [0.2, 0.25) is 0 Å². The number of hydrogen-bond acceptors (Lipinski definition) is 8. The van der Waals surface area contributed by atoms with Gasteiger partial charge < -0.3 is 9.84 Å². The number of fused-ring (bicyclic) bond motifs is 2. The maximum Gasteiger partial charge on any atom is 0.432 e. The molecule has 5 rings (SSSR count). The van der Waals surface area contributed by atoms with Crippen LogP contribution >= 0.6 is 0 Å². The Morgan fingerprint density at radius 1 is 1.17 bits per heavy atom. The van der Waals surface area contributed by atoms with Gasteiger partial charge in [-0.25, -0.2) is 9.78 Å². The molecule has 0 saturated heterocycles. The summed E-state index contributed by atoms with van der Waals surface area (Å²) in [5.74, 6) is 0.457. The summed E-state index contributed by atoms with van der Waals surface area (Å²) in [6.07, 6.45) is 4.21. The number of carbonyl (C=O) groups is 1. The molecule has 0 atom stereocenters. The summed E-state index contributed by atoms with van der Waals surface area (Å²) >= 11 is 0. The normalized spacial score (nSPS) is 13.2. The second kappa shape index (κ2) is 8.75. The van der Waals surface area contributed by atoms with Crippen LogP contribution in [-0.2, 0) is 33.7 Å². The highest BCUT2D eigenvalue weighted by atomic mass is 32.2. The Morgan fingerprint density at radius 2 is 2.00 bits per heavy atom. The lowest BCUT2D eigenvalue weighted by atomic mass is 9.99. The van der Waals surface area contributed by atoms with Crippen molar-refractivity contribution in [3.63, 3.8) is 0 Å². The van der Waals surface area contributed by atoms with Crippen LogP contribution in [0.25, 0.3) is 33.5 Å². The van der Waals surface area contributed by atoms with E-state index >= 15 is 0 Å². The largest absolute Gasteiger partial charge is 0.494 e. The Labute approximate surface area is 201 Å². The van der Waals surface area contributed by atoms with Crippen LogP contribution in [0, 0.1) is 0 Å². The summed E-state index contributed by atoms with van der Waals surface area (Å²) in [6, 6.07) is 11.0. The maximum absolute atomic E-state index is 11.9. The van der Waals surface area contributed by atoms with Crippen molar-refractivity contribution in [1.29, 1.82) is 0 Å². The summed E-state index contributed by atoms with van der Waals surface area (Å²) in [5, 5.41) is 14.0. The third-order valence-corrected chi connectivity index (χ3v) is 6.49. The molecule has 1 aromatic carbocycles. The number of benzene rings is 1. The van der Waals surface area contributed by atoms with Crippen LogP contribution in [0.5, 0.6) is 5.75 Å². The average molecular weight is 495 g/mol. The Hall–Kier alpha value is -3.83. The number of pyridine rings is 2. The third-order valence-electron chi connectivity index (χ3n) is 5.94. The molecule has 0 aliphatic heterocycles. The summed E-state index contributed by atoms with van der Waals surface area (Å²) in [7, 11) is -2.08. The second-order valence-corrected chi connectivity index (χ2v) is 9.90. The molecule has 35 heavy (non-hydrogen) atoms. The Balaban J connectivity index is 1.66. The standard InChI is InChI=1S/C24H22N4O6S/c1-33-20-11-19-23(26-22(20)18-8-4-6-14-5-3-7-17(14)18)21(27-28(19)24(29)30)15-9-10-16(25-12-15)13-34-35(2,31)32/h4,6,8-12H,3,5,7,13H2,1-2H3,(H,29,30). The fourth-order valence-electron chi connectivity index (χ4n) is 4.37. The van der Waals surface area contributed by atoms with Crippen molar-refractivity contribution in [2.75, 3.05) is 13.4 Å². The van der Waals surface area contributed by atoms with Gasteiger partial charge in [0, 0.05) is 23.4 Å². The summed E-state index contributed by atoms with van der Waals surface area (Å²) in [6.45, 7) is -0.206. The number of hydrogen-bond donors (Lipinski definition) is 1. The molecule has 1 aliphatic rings. The molecule has 3 aromatic heterocycles. The number of nitrogens with zero attached hydrogens (tertiary/aromatic N) is 4. The van der Waals surface area contributed by atoms with E-state index in [1.54, 1.807) is 18.2 Å². The maximum atomic E-state index is 11.9. The smallest absolute Gasteiger partial charge is 0.432 e. The van der Waals surface area contributed by atoms with Gasteiger partial charge in [-0.05, 0) is 42.5 Å². The van der Waals surface area contributed by atoms with Gasteiger partial charge >= 0.3 is 6.09 Å². The van der Waals surface area contributed by atoms with E-state index in [4.69, 9.17) is 13.9 Å². The molecule has 0 amide bonds. The summed E-state index contributed by atoms with van der Waals surface area (Å²) < 4.78 is 33.7. The molecule has 11 heteroatoms. The van der Waals surface area contributed by atoms with Crippen LogP contribution in [0.15, 0.2) is 42.6 Å². The molecule has 0 bridgehead atoms. The van der Waals surface area contributed by atoms with Crippen molar-refractivity contribution in [3.05, 3.63) is 59.4 Å². The van der Waals surface area contributed by atoms with Crippen molar-refractivity contribution in [3.8, 4) is 28.3 Å². The number of aryl methyl sites for hydroxylation is 1. The Kier molecular flexibility index (Phi) is 5.73. The van der Waals surface area contributed by atoms with E-state index in [9.17, 15) is 18.3 Å². The minimum absolute atomic E-state index is 0.206. The molecule has 1 N–H and O–H groups in total. The molecule has 10 nitrogen and oxygen atoms in total. The van der Waals surface area contributed by atoms with Crippen LogP contribution < -0.4 is 4.74 Å². The first-order valence-corrected chi connectivity index (χ1v) is 12.7. The predicted molar refractivity (Wildman–Crippen MR) is 128 cm³/mol.